The molecule has 1 saturated heterocycles. The lowest BCUT2D eigenvalue weighted by Crippen LogP contribution is -2.50. The second-order valence-corrected chi connectivity index (χ2v) is 7.12. The van der Waals surface area contributed by atoms with Gasteiger partial charge in [0, 0.05) is 31.7 Å². The Hall–Kier alpha value is -3.68. The largest absolute Gasteiger partial charge is 0.494 e. The van der Waals surface area contributed by atoms with E-state index < -0.39 is 5.82 Å². The van der Waals surface area contributed by atoms with Crippen LogP contribution in [0, 0.1) is 5.82 Å². The Bertz CT molecular complexity index is 1020. The number of hydrogen-bond donors (Lipinski definition) is 1. The van der Waals surface area contributed by atoms with Gasteiger partial charge in [-0.3, -0.25) is 0 Å². The van der Waals surface area contributed by atoms with Crippen molar-refractivity contribution in [3.05, 3.63) is 66.5 Å². The summed E-state index contributed by atoms with van der Waals surface area (Å²) >= 11 is 0. The first kappa shape index (κ1) is 20.6. The maximum atomic E-state index is 13.7. The summed E-state index contributed by atoms with van der Waals surface area (Å²) in [5, 5.41) is 11.3. The number of urea groups is 1. The summed E-state index contributed by atoms with van der Waals surface area (Å²) in [5.74, 6) is 1.15. The van der Waals surface area contributed by atoms with Crippen molar-refractivity contribution in [2.45, 2.75) is 6.92 Å². The van der Waals surface area contributed by atoms with Crippen LogP contribution in [0.25, 0.3) is 11.3 Å². The summed E-state index contributed by atoms with van der Waals surface area (Å²) in [7, 11) is 0. The Morgan fingerprint density at radius 2 is 1.74 bits per heavy atom. The molecule has 0 spiro atoms. The maximum absolute atomic E-state index is 13.7. The van der Waals surface area contributed by atoms with E-state index in [0.29, 0.717) is 32.8 Å². The molecule has 8 heteroatoms. The SMILES string of the molecule is CCOc1ccc(-c2ccc(N3CCN(C(=O)Nc4ccccc4F)CC3)nn2)cc1. The molecule has 0 unspecified atom stereocenters. The van der Waals surface area contributed by atoms with Crippen LogP contribution in [-0.4, -0.2) is 53.9 Å². The van der Waals surface area contributed by atoms with Crippen LogP contribution in [0.1, 0.15) is 6.92 Å². The van der Waals surface area contributed by atoms with Crippen molar-refractivity contribution >= 4 is 17.5 Å². The third-order valence-corrected chi connectivity index (χ3v) is 5.12. The van der Waals surface area contributed by atoms with Crippen LogP contribution in [0.2, 0.25) is 0 Å². The fraction of sp³-hybridized carbons (Fsp3) is 0.261. The third-order valence-electron chi connectivity index (χ3n) is 5.12. The minimum absolute atomic E-state index is 0.186. The Morgan fingerprint density at radius 1 is 1.00 bits per heavy atom. The quantitative estimate of drug-likeness (QED) is 0.673. The first-order chi connectivity index (χ1) is 15.1. The monoisotopic (exact) mass is 421 g/mol. The summed E-state index contributed by atoms with van der Waals surface area (Å²) in [6, 6.07) is 17.5. The predicted octanol–water partition coefficient (Wildman–Crippen LogP) is 4.04. The molecule has 2 amide bonds. The molecule has 3 aromatic rings. The van der Waals surface area contributed by atoms with Crippen molar-refractivity contribution in [3.8, 4) is 17.0 Å². The van der Waals surface area contributed by atoms with E-state index in [1.54, 1.807) is 23.1 Å². The van der Waals surface area contributed by atoms with Gasteiger partial charge in [0.05, 0.1) is 18.0 Å². The molecule has 2 aromatic carbocycles. The summed E-state index contributed by atoms with van der Waals surface area (Å²) in [5.41, 5.74) is 1.94. The number of anilines is 2. The number of piperazine rings is 1. The molecule has 0 aliphatic carbocycles. The number of amides is 2. The number of nitrogens with one attached hydrogen (secondary N) is 1. The standard InChI is InChI=1S/C23H24FN5O2/c1-2-31-18-9-7-17(8-10-18)20-11-12-22(27-26-20)28-13-15-29(16-14-28)23(30)25-21-6-4-3-5-19(21)24/h3-12H,2,13-16H2,1H3,(H,25,30). The first-order valence-corrected chi connectivity index (χ1v) is 10.3. The lowest BCUT2D eigenvalue weighted by molar-refractivity contribution is 0.208. The second kappa shape index (κ2) is 9.42. The Morgan fingerprint density at radius 3 is 2.39 bits per heavy atom. The van der Waals surface area contributed by atoms with E-state index in [2.05, 4.69) is 20.4 Å². The fourth-order valence-electron chi connectivity index (χ4n) is 3.43. The summed E-state index contributed by atoms with van der Waals surface area (Å²) in [4.78, 5) is 16.2. The maximum Gasteiger partial charge on any atom is 0.322 e. The molecule has 1 N–H and O–H groups in total. The van der Waals surface area contributed by atoms with Gasteiger partial charge in [-0.15, -0.1) is 10.2 Å². The normalized spacial score (nSPS) is 13.7. The third kappa shape index (κ3) is 4.91. The average Bonchev–Trinajstić information content (AvgIpc) is 2.81. The van der Waals surface area contributed by atoms with Gasteiger partial charge in [-0.25, -0.2) is 9.18 Å². The van der Waals surface area contributed by atoms with Gasteiger partial charge in [0.15, 0.2) is 5.82 Å². The summed E-state index contributed by atoms with van der Waals surface area (Å²) in [6.07, 6.45) is 0. The number of hydrogen-bond acceptors (Lipinski definition) is 5. The molecule has 0 bridgehead atoms. The minimum atomic E-state index is -0.447. The molecule has 0 radical (unpaired) electrons. The molecule has 1 aromatic heterocycles. The van der Waals surface area contributed by atoms with E-state index >= 15 is 0 Å². The Balaban J connectivity index is 1.33. The molecular formula is C23H24FN5O2. The van der Waals surface area contributed by atoms with Crippen molar-refractivity contribution in [3.63, 3.8) is 0 Å². The highest BCUT2D eigenvalue weighted by Crippen LogP contribution is 2.22. The first-order valence-electron chi connectivity index (χ1n) is 10.3. The van der Waals surface area contributed by atoms with Gasteiger partial charge >= 0.3 is 6.03 Å². The van der Waals surface area contributed by atoms with Gasteiger partial charge in [-0.05, 0) is 55.5 Å². The van der Waals surface area contributed by atoms with E-state index in [1.165, 1.54) is 6.07 Å². The number of aromatic nitrogens is 2. The van der Waals surface area contributed by atoms with Crippen LogP contribution in [0.15, 0.2) is 60.7 Å². The predicted molar refractivity (Wildman–Crippen MR) is 118 cm³/mol. The molecule has 1 fully saturated rings. The van der Waals surface area contributed by atoms with Crippen molar-refractivity contribution in [1.29, 1.82) is 0 Å². The van der Waals surface area contributed by atoms with Crippen LogP contribution in [0.4, 0.5) is 20.7 Å². The number of ether oxygens (including phenoxy) is 1. The summed E-state index contributed by atoms with van der Waals surface area (Å²) < 4.78 is 19.2. The molecule has 0 saturated carbocycles. The van der Waals surface area contributed by atoms with Crippen LogP contribution >= 0.6 is 0 Å². The molecule has 2 heterocycles. The van der Waals surface area contributed by atoms with Crippen molar-refractivity contribution in [2.75, 3.05) is 43.0 Å². The Kier molecular flexibility index (Phi) is 6.26. The molecule has 0 atom stereocenters. The zero-order chi connectivity index (χ0) is 21.6. The molecule has 160 valence electrons. The number of rotatable bonds is 5. The lowest BCUT2D eigenvalue weighted by atomic mass is 10.1. The smallest absolute Gasteiger partial charge is 0.322 e. The van der Waals surface area contributed by atoms with E-state index in [1.807, 2.05) is 43.3 Å². The number of nitrogens with zero attached hydrogens (tertiary/aromatic N) is 4. The zero-order valence-electron chi connectivity index (χ0n) is 17.3. The minimum Gasteiger partial charge on any atom is -0.494 e. The zero-order valence-corrected chi connectivity index (χ0v) is 17.3. The van der Waals surface area contributed by atoms with Gasteiger partial charge in [0.25, 0.3) is 0 Å². The molecular weight excluding hydrogens is 397 g/mol. The lowest BCUT2D eigenvalue weighted by Gasteiger charge is -2.35. The van der Waals surface area contributed by atoms with E-state index in [0.717, 1.165) is 22.8 Å². The second-order valence-electron chi connectivity index (χ2n) is 7.12. The van der Waals surface area contributed by atoms with Crippen LogP contribution in [0.3, 0.4) is 0 Å². The van der Waals surface area contributed by atoms with Crippen LogP contribution < -0.4 is 15.0 Å². The molecule has 31 heavy (non-hydrogen) atoms. The van der Waals surface area contributed by atoms with Gasteiger partial charge in [0.2, 0.25) is 0 Å². The molecule has 1 aliphatic heterocycles. The topological polar surface area (TPSA) is 70.6 Å². The molecule has 1 aliphatic rings. The average molecular weight is 421 g/mol. The highest BCUT2D eigenvalue weighted by atomic mass is 19.1. The number of carbonyl (C=O) groups is 1. The highest BCUT2D eigenvalue weighted by molar-refractivity contribution is 5.89. The van der Waals surface area contributed by atoms with Gasteiger partial charge in [-0.2, -0.15) is 0 Å². The fourth-order valence-corrected chi connectivity index (χ4v) is 3.43. The number of carbonyl (C=O) groups excluding carboxylic acids is 1. The van der Waals surface area contributed by atoms with Crippen molar-refractivity contribution < 1.29 is 13.9 Å². The van der Waals surface area contributed by atoms with Crippen LogP contribution in [0.5, 0.6) is 5.75 Å². The number of halogens is 1. The van der Waals surface area contributed by atoms with E-state index in [-0.39, 0.29) is 11.7 Å². The van der Waals surface area contributed by atoms with E-state index in [4.69, 9.17) is 4.74 Å². The van der Waals surface area contributed by atoms with Gasteiger partial charge in [-0.1, -0.05) is 12.1 Å². The van der Waals surface area contributed by atoms with Gasteiger partial charge in [0.1, 0.15) is 11.6 Å². The van der Waals surface area contributed by atoms with E-state index in [9.17, 15) is 9.18 Å². The van der Waals surface area contributed by atoms with Gasteiger partial charge < -0.3 is 19.9 Å². The summed E-state index contributed by atoms with van der Waals surface area (Å²) in [6.45, 7) is 4.87. The van der Waals surface area contributed by atoms with Crippen LogP contribution in [-0.2, 0) is 0 Å². The molecule has 4 rings (SSSR count). The van der Waals surface area contributed by atoms with Crippen molar-refractivity contribution in [2.24, 2.45) is 0 Å². The number of para-hydroxylation sites is 1. The highest BCUT2D eigenvalue weighted by Gasteiger charge is 2.22. The molecule has 7 nitrogen and oxygen atoms in total. The van der Waals surface area contributed by atoms with Crippen molar-refractivity contribution in [1.82, 2.24) is 15.1 Å². The number of benzene rings is 2. The Labute approximate surface area is 180 Å².